The molecule has 6 atom stereocenters. The van der Waals surface area contributed by atoms with E-state index in [1.54, 1.807) is 37.6 Å². The van der Waals surface area contributed by atoms with Gasteiger partial charge in [-0.3, -0.25) is 4.79 Å². The summed E-state index contributed by atoms with van der Waals surface area (Å²) in [4.78, 5) is 25.0. The topological polar surface area (TPSA) is 70.4 Å². The minimum absolute atomic E-state index is 0.0315. The predicted octanol–water partition coefficient (Wildman–Crippen LogP) is 6.10. The lowest BCUT2D eigenvalue weighted by atomic mass is 9.48. The van der Waals surface area contributed by atoms with Crippen molar-refractivity contribution in [2.24, 2.45) is 28.6 Å². The zero-order chi connectivity index (χ0) is 25.8. The van der Waals surface area contributed by atoms with Gasteiger partial charge in [-0.1, -0.05) is 25.5 Å². The van der Waals surface area contributed by atoms with Crippen LogP contribution < -0.4 is 4.74 Å². The summed E-state index contributed by atoms with van der Waals surface area (Å²) in [5.74, 6) is 2.06. The van der Waals surface area contributed by atoms with E-state index in [2.05, 4.69) is 25.0 Å². The molecule has 1 heterocycles. The standard InChI is InChI=1S/C31H36N2O4/c1-30-13-11-24(37-29(35)20-5-8-23(36-3)9-6-20)18-22(30)7-10-25-26(30)12-14-31(2)27(25)17-21(19-34)28(31)33-16-4-15-32-33/h4-9,15-16,19,24-27H,10-14,17-18H2,1-3H3/t24-,25+,26-,27-,30-,31-/m0/s1. The van der Waals surface area contributed by atoms with E-state index in [1.165, 1.54) is 5.57 Å². The fourth-order valence-electron chi connectivity index (χ4n) is 8.28. The van der Waals surface area contributed by atoms with Gasteiger partial charge in [-0.05, 0) is 92.0 Å². The van der Waals surface area contributed by atoms with Crippen molar-refractivity contribution in [3.63, 3.8) is 0 Å². The number of hydrogen-bond donors (Lipinski definition) is 0. The minimum Gasteiger partial charge on any atom is -0.497 e. The van der Waals surface area contributed by atoms with Gasteiger partial charge < -0.3 is 9.47 Å². The summed E-state index contributed by atoms with van der Waals surface area (Å²) < 4.78 is 13.1. The average Bonchev–Trinajstić information content (AvgIpc) is 3.54. The molecule has 2 saturated carbocycles. The normalized spacial score (nSPS) is 34.6. The number of carbonyl (C=O) groups is 2. The van der Waals surface area contributed by atoms with Crippen molar-refractivity contribution >= 4 is 18.0 Å². The minimum atomic E-state index is -0.261. The Morgan fingerprint density at radius 3 is 2.57 bits per heavy atom. The Bertz CT molecular complexity index is 1260. The van der Waals surface area contributed by atoms with Crippen LogP contribution in [0, 0.1) is 28.6 Å². The lowest BCUT2D eigenvalue weighted by Crippen LogP contribution is -2.50. The number of esters is 1. The first-order valence-corrected chi connectivity index (χ1v) is 13.6. The highest BCUT2D eigenvalue weighted by molar-refractivity contribution is 5.89. The van der Waals surface area contributed by atoms with Gasteiger partial charge >= 0.3 is 5.97 Å². The predicted molar refractivity (Wildman–Crippen MR) is 141 cm³/mol. The summed E-state index contributed by atoms with van der Waals surface area (Å²) in [6.45, 7) is 4.80. The first-order valence-electron chi connectivity index (χ1n) is 13.6. The zero-order valence-electron chi connectivity index (χ0n) is 22.0. The van der Waals surface area contributed by atoms with Crippen molar-refractivity contribution in [2.45, 2.75) is 64.9 Å². The van der Waals surface area contributed by atoms with Crippen molar-refractivity contribution in [3.05, 3.63) is 65.5 Å². The van der Waals surface area contributed by atoms with E-state index in [0.29, 0.717) is 23.3 Å². The lowest BCUT2D eigenvalue weighted by molar-refractivity contribution is -0.105. The molecule has 0 amide bonds. The quantitative estimate of drug-likeness (QED) is 0.282. The first kappa shape index (κ1) is 24.2. The maximum Gasteiger partial charge on any atom is 0.338 e. The third-order valence-electron chi connectivity index (χ3n) is 10.2. The lowest BCUT2D eigenvalue weighted by Gasteiger charge is -2.57. The van der Waals surface area contributed by atoms with E-state index in [1.807, 2.05) is 16.9 Å². The molecule has 2 fully saturated rings. The maximum atomic E-state index is 12.8. The molecular formula is C31H36N2O4. The van der Waals surface area contributed by atoms with Crippen LogP contribution in [0.3, 0.4) is 0 Å². The highest BCUT2D eigenvalue weighted by Crippen LogP contribution is 2.66. The molecule has 6 heteroatoms. The van der Waals surface area contributed by atoms with Gasteiger partial charge in [-0.15, -0.1) is 0 Å². The Morgan fingerprint density at radius 1 is 1.08 bits per heavy atom. The summed E-state index contributed by atoms with van der Waals surface area (Å²) in [6, 6.07) is 9.05. The fourth-order valence-corrected chi connectivity index (χ4v) is 8.28. The van der Waals surface area contributed by atoms with Crippen molar-refractivity contribution in [2.75, 3.05) is 7.11 Å². The zero-order valence-corrected chi connectivity index (χ0v) is 22.0. The Labute approximate surface area is 218 Å². The molecule has 6 rings (SSSR count). The molecule has 37 heavy (non-hydrogen) atoms. The smallest absolute Gasteiger partial charge is 0.338 e. The SMILES string of the molecule is COc1ccc(C(=O)O[C@H]2CC[C@@]3(C)C(=CC[C@@H]4[C@@H]3CC[C@]3(C)C(n5cccn5)=C(C=O)C[C@@H]43)C2)cc1. The first-order chi connectivity index (χ1) is 17.9. The van der Waals surface area contributed by atoms with E-state index >= 15 is 0 Å². The van der Waals surface area contributed by atoms with Gasteiger partial charge in [0.1, 0.15) is 18.1 Å². The van der Waals surface area contributed by atoms with Gasteiger partial charge in [-0.25, -0.2) is 9.48 Å². The number of benzene rings is 1. The van der Waals surface area contributed by atoms with Gasteiger partial charge in [0.05, 0.1) is 18.4 Å². The van der Waals surface area contributed by atoms with Crippen LogP contribution in [0.15, 0.2) is 59.9 Å². The van der Waals surface area contributed by atoms with E-state index in [-0.39, 0.29) is 22.9 Å². The van der Waals surface area contributed by atoms with Crippen molar-refractivity contribution in [1.82, 2.24) is 9.78 Å². The molecular weight excluding hydrogens is 464 g/mol. The van der Waals surface area contributed by atoms with Crippen LogP contribution in [0.1, 0.15) is 69.2 Å². The monoisotopic (exact) mass is 500 g/mol. The molecule has 4 aliphatic rings. The largest absolute Gasteiger partial charge is 0.497 e. The average molecular weight is 501 g/mol. The molecule has 0 spiro atoms. The van der Waals surface area contributed by atoms with E-state index < -0.39 is 0 Å². The van der Waals surface area contributed by atoms with Gasteiger partial charge in [-0.2, -0.15) is 5.10 Å². The van der Waals surface area contributed by atoms with Crippen molar-refractivity contribution in [1.29, 1.82) is 0 Å². The van der Waals surface area contributed by atoms with Crippen LogP contribution in [0.5, 0.6) is 5.75 Å². The molecule has 194 valence electrons. The molecule has 2 aromatic rings. The van der Waals surface area contributed by atoms with Crippen LogP contribution in [0.4, 0.5) is 0 Å². The number of methoxy groups -OCH3 is 1. The second-order valence-corrected chi connectivity index (χ2v) is 11.9. The number of ether oxygens (including phenoxy) is 2. The maximum absolute atomic E-state index is 12.8. The number of nitrogens with zero attached hydrogens (tertiary/aromatic N) is 2. The van der Waals surface area contributed by atoms with E-state index in [4.69, 9.17) is 9.47 Å². The number of aromatic nitrogens is 2. The highest BCUT2D eigenvalue weighted by atomic mass is 16.5. The molecule has 0 aliphatic heterocycles. The molecule has 4 aliphatic carbocycles. The van der Waals surface area contributed by atoms with E-state index in [9.17, 15) is 9.59 Å². The number of aldehydes is 1. The third kappa shape index (κ3) is 3.79. The molecule has 6 nitrogen and oxygen atoms in total. The molecule has 0 N–H and O–H groups in total. The van der Waals surface area contributed by atoms with Crippen LogP contribution >= 0.6 is 0 Å². The number of carbonyl (C=O) groups excluding carboxylic acids is 2. The van der Waals surface area contributed by atoms with Gasteiger partial charge in [0.15, 0.2) is 0 Å². The van der Waals surface area contributed by atoms with Crippen LogP contribution in [0.25, 0.3) is 5.70 Å². The molecule has 0 saturated heterocycles. The summed E-state index contributed by atoms with van der Waals surface area (Å²) in [5, 5.41) is 4.52. The number of hydrogen-bond acceptors (Lipinski definition) is 5. The third-order valence-corrected chi connectivity index (χ3v) is 10.2. The Balaban J connectivity index is 1.20. The summed E-state index contributed by atoms with van der Waals surface area (Å²) in [5.41, 5.74) is 4.16. The second-order valence-electron chi connectivity index (χ2n) is 11.9. The van der Waals surface area contributed by atoms with Gasteiger partial charge in [0, 0.05) is 29.8 Å². The van der Waals surface area contributed by atoms with Gasteiger partial charge in [0.25, 0.3) is 0 Å². The summed E-state index contributed by atoms with van der Waals surface area (Å²) in [7, 11) is 1.62. The van der Waals surface area contributed by atoms with Crippen molar-refractivity contribution < 1.29 is 19.1 Å². The Kier molecular flexibility index (Phi) is 5.89. The molecule has 1 aromatic heterocycles. The summed E-state index contributed by atoms with van der Waals surface area (Å²) >= 11 is 0. The Hall–Kier alpha value is -3.15. The summed E-state index contributed by atoms with van der Waals surface area (Å²) in [6.07, 6.45) is 14.1. The molecule has 0 bridgehead atoms. The highest BCUT2D eigenvalue weighted by Gasteiger charge is 2.58. The number of fused-ring (bicyclic) bond motifs is 5. The Morgan fingerprint density at radius 2 is 1.86 bits per heavy atom. The van der Waals surface area contributed by atoms with Gasteiger partial charge in [0.2, 0.25) is 0 Å². The van der Waals surface area contributed by atoms with Crippen LogP contribution in [0.2, 0.25) is 0 Å². The molecule has 1 aromatic carbocycles. The fraction of sp³-hybridized carbons (Fsp3) is 0.516. The van der Waals surface area contributed by atoms with Crippen LogP contribution in [-0.2, 0) is 9.53 Å². The number of rotatable bonds is 5. The van der Waals surface area contributed by atoms with Crippen molar-refractivity contribution in [3.8, 4) is 5.75 Å². The molecule has 0 radical (unpaired) electrons. The van der Waals surface area contributed by atoms with E-state index in [0.717, 1.165) is 68.3 Å². The second kappa shape index (κ2) is 9.00. The van der Waals surface area contributed by atoms with Crippen LogP contribution in [-0.4, -0.2) is 35.2 Å². The molecule has 0 unspecified atom stereocenters. The number of allylic oxidation sites excluding steroid dienone is 3.